The summed E-state index contributed by atoms with van der Waals surface area (Å²) in [4.78, 5) is 28.6. The minimum atomic E-state index is -1.93. The molecule has 1 amide bonds. The summed E-state index contributed by atoms with van der Waals surface area (Å²) in [6.07, 6.45) is 1.04. The number of Topliss-reactive ketones (excluding diaryl/α,β-unsaturated/α-hetero) is 1. The van der Waals surface area contributed by atoms with E-state index in [1.807, 2.05) is 48.5 Å². The predicted molar refractivity (Wildman–Crippen MR) is 116 cm³/mol. The summed E-state index contributed by atoms with van der Waals surface area (Å²) in [5.41, 5.74) is 1.56. The van der Waals surface area contributed by atoms with Gasteiger partial charge in [0.1, 0.15) is 0 Å². The van der Waals surface area contributed by atoms with E-state index in [-0.39, 0.29) is 5.78 Å². The lowest BCUT2D eigenvalue weighted by molar-refractivity contribution is -0.140. The fourth-order valence-corrected chi connectivity index (χ4v) is 4.91. The first-order chi connectivity index (χ1) is 14.5. The second-order valence-electron chi connectivity index (χ2n) is 7.92. The van der Waals surface area contributed by atoms with Crippen LogP contribution in [0.4, 0.5) is 5.69 Å². The highest BCUT2D eigenvalue weighted by molar-refractivity contribution is 6.31. The Hall–Kier alpha value is -2.95. The Balaban J connectivity index is 1.61. The number of ketones is 1. The quantitative estimate of drug-likeness (QED) is 0.681. The second-order valence-corrected chi connectivity index (χ2v) is 8.35. The van der Waals surface area contributed by atoms with E-state index in [0.29, 0.717) is 41.2 Å². The van der Waals surface area contributed by atoms with Gasteiger partial charge < -0.3 is 10.0 Å². The van der Waals surface area contributed by atoms with E-state index in [9.17, 15) is 14.7 Å². The molecule has 0 aromatic heterocycles. The van der Waals surface area contributed by atoms with E-state index in [1.165, 1.54) is 0 Å². The van der Waals surface area contributed by atoms with Crippen LogP contribution >= 0.6 is 11.6 Å². The number of nitrogens with zero attached hydrogens (tertiary/aromatic N) is 1. The number of halogens is 1. The molecule has 150 valence electrons. The van der Waals surface area contributed by atoms with Gasteiger partial charge in [-0.1, -0.05) is 66.2 Å². The van der Waals surface area contributed by atoms with Crippen LogP contribution in [0, 0.1) is 5.92 Å². The topological polar surface area (TPSA) is 57.6 Å². The first-order valence-electron chi connectivity index (χ1n) is 10.0. The van der Waals surface area contributed by atoms with Gasteiger partial charge in [-0.15, -0.1) is 0 Å². The van der Waals surface area contributed by atoms with Crippen molar-refractivity contribution < 1.29 is 14.7 Å². The third kappa shape index (κ3) is 2.79. The average Bonchev–Trinajstić information content (AvgIpc) is 2.97. The third-order valence-corrected chi connectivity index (χ3v) is 6.46. The Kier molecular flexibility index (Phi) is 4.49. The van der Waals surface area contributed by atoms with Crippen LogP contribution in [0.3, 0.4) is 0 Å². The van der Waals surface area contributed by atoms with Gasteiger partial charge in [0.25, 0.3) is 5.91 Å². The van der Waals surface area contributed by atoms with Crippen LogP contribution in [-0.2, 0) is 23.4 Å². The van der Waals surface area contributed by atoms with Gasteiger partial charge in [0.05, 0.1) is 18.2 Å². The van der Waals surface area contributed by atoms with Crippen LogP contribution in [0.15, 0.2) is 72.8 Å². The molecule has 1 heterocycles. The Morgan fingerprint density at radius 3 is 2.53 bits per heavy atom. The van der Waals surface area contributed by atoms with Gasteiger partial charge in [0.2, 0.25) is 0 Å². The number of amides is 1. The van der Waals surface area contributed by atoms with Crippen molar-refractivity contribution in [2.75, 3.05) is 4.90 Å². The summed E-state index contributed by atoms with van der Waals surface area (Å²) >= 11 is 6.24. The van der Waals surface area contributed by atoms with Gasteiger partial charge in [0, 0.05) is 16.1 Å². The standard InChI is InChI=1S/C25H20ClNO3/c26-18-11-13-22-21(14-18)25(30,24(29)27(22)15-16-6-2-1-3-7-16)20-12-10-17-8-4-5-9-19(17)23(20)28/h1-9,11,13-14,20,30H,10,12,15H2. The molecule has 5 rings (SSSR count). The summed E-state index contributed by atoms with van der Waals surface area (Å²) in [5.74, 6) is -1.51. The molecule has 0 saturated carbocycles. The number of carbonyl (C=O) groups excluding carboxylic acids is 2. The molecule has 2 unspecified atom stereocenters. The molecule has 0 bridgehead atoms. The average molecular weight is 418 g/mol. The molecule has 0 fully saturated rings. The zero-order chi connectivity index (χ0) is 20.9. The van der Waals surface area contributed by atoms with Crippen LogP contribution in [0.25, 0.3) is 0 Å². The number of rotatable bonds is 3. The zero-order valence-corrected chi connectivity index (χ0v) is 17.0. The number of aliphatic hydroxyl groups is 1. The second kappa shape index (κ2) is 7.08. The fraction of sp³-hybridized carbons (Fsp3) is 0.200. The number of hydrogen-bond donors (Lipinski definition) is 1. The first-order valence-corrected chi connectivity index (χ1v) is 10.4. The predicted octanol–water partition coefficient (Wildman–Crippen LogP) is 4.52. The minimum absolute atomic E-state index is 0.194. The molecule has 0 radical (unpaired) electrons. The van der Waals surface area contributed by atoms with Gasteiger partial charge in [-0.3, -0.25) is 9.59 Å². The number of aryl methyl sites for hydroxylation is 1. The summed E-state index contributed by atoms with van der Waals surface area (Å²) in [7, 11) is 0. The Morgan fingerprint density at radius 2 is 1.73 bits per heavy atom. The van der Waals surface area contributed by atoms with Crippen molar-refractivity contribution in [1.29, 1.82) is 0 Å². The Bertz CT molecular complexity index is 1160. The first kappa shape index (κ1) is 19.0. The molecule has 2 aliphatic rings. The van der Waals surface area contributed by atoms with E-state index in [2.05, 4.69) is 0 Å². The van der Waals surface area contributed by atoms with Crippen LogP contribution in [0.5, 0.6) is 0 Å². The molecule has 5 heteroatoms. The number of carbonyl (C=O) groups is 2. The highest BCUT2D eigenvalue weighted by Crippen LogP contribution is 2.49. The number of hydrogen-bond acceptors (Lipinski definition) is 3. The van der Waals surface area contributed by atoms with Crippen molar-refractivity contribution in [3.8, 4) is 0 Å². The summed E-state index contributed by atoms with van der Waals surface area (Å²) in [6, 6.07) is 22.1. The van der Waals surface area contributed by atoms with Crippen molar-refractivity contribution >= 4 is 29.0 Å². The number of anilines is 1. The lowest BCUT2D eigenvalue weighted by Gasteiger charge is -2.34. The molecule has 2 atom stereocenters. The number of benzene rings is 3. The van der Waals surface area contributed by atoms with Crippen molar-refractivity contribution in [2.45, 2.75) is 25.0 Å². The molecule has 0 spiro atoms. The van der Waals surface area contributed by atoms with Gasteiger partial charge in [0.15, 0.2) is 11.4 Å². The Morgan fingerprint density at radius 1 is 1.00 bits per heavy atom. The normalized spacial score (nSPS) is 22.7. The molecular weight excluding hydrogens is 398 g/mol. The van der Waals surface area contributed by atoms with E-state index in [0.717, 1.165) is 11.1 Å². The van der Waals surface area contributed by atoms with E-state index >= 15 is 0 Å². The van der Waals surface area contributed by atoms with Gasteiger partial charge in [-0.2, -0.15) is 0 Å². The van der Waals surface area contributed by atoms with Crippen molar-refractivity contribution in [3.05, 3.63) is 100 Å². The summed E-state index contributed by atoms with van der Waals surface area (Å²) in [5, 5.41) is 12.3. The SMILES string of the molecule is O=C1c2ccccc2CCC1C1(O)C(=O)N(Cc2ccccc2)c2ccc(Cl)cc21. The van der Waals surface area contributed by atoms with Gasteiger partial charge >= 0.3 is 0 Å². The maximum absolute atomic E-state index is 13.6. The molecule has 4 nitrogen and oxygen atoms in total. The maximum atomic E-state index is 13.6. The molecular formula is C25H20ClNO3. The van der Waals surface area contributed by atoms with E-state index in [4.69, 9.17) is 11.6 Å². The number of fused-ring (bicyclic) bond motifs is 2. The maximum Gasteiger partial charge on any atom is 0.264 e. The van der Waals surface area contributed by atoms with Crippen LogP contribution in [-0.4, -0.2) is 16.8 Å². The van der Waals surface area contributed by atoms with Crippen molar-refractivity contribution in [2.24, 2.45) is 5.92 Å². The Labute approximate surface area is 179 Å². The van der Waals surface area contributed by atoms with E-state index < -0.39 is 17.4 Å². The molecule has 1 N–H and O–H groups in total. The lowest BCUT2D eigenvalue weighted by Crippen LogP contribution is -2.49. The van der Waals surface area contributed by atoms with Gasteiger partial charge in [-0.25, -0.2) is 0 Å². The van der Waals surface area contributed by atoms with Crippen LogP contribution < -0.4 is 4.90 Å². The summed E-state index contributed by atoms with van der Waals surface area (Å²) in [6.45, 7) is 0.314. The molecule has 30 heavy (non-hydrogen) atoms. The van der Waals surface area contributed by atoms with Gasteiger partial charge in [-0.05, 0) is 42.2 Å². The summed E-state index contributed by atoms with van der Waals surface area (Å²) < 4.78 is 0. The smallest absolute Gasteiger partial charge is 0.264 e. The van der Waals surface area contributed by atoms with Crippen molar-refractivity contribution in [1.82, 2.24) is 0 Å². The molecule has 3 aromatic rings. The van der Waals surface area contributed by atoms with E-state index in [1.54, 1.807) is 29.2 Å². The molecule has 3 aromatic carbocycles. The highest BCUT2D eigenvalue weighted by atomic mass is 35.5. The monoisotopic (exact) mass is 417 g/mol. The highest BCUT2D eigenvalue weighted by Gasteiger charge is 2.57. The lowest BCUT2D eigenvalue weighted by atomic mass is 9.71. The minimum Gasteiger partial charge on any atom is -0.375 e. The fourth-order valence-electron chi connectivity index (χ4n) is 4.73. The van der Waals surface area contributed by atoms with Crippen molar-refractivity contribution in [3.63, 3.8) is 0 Å². The third-order valence-electron chi connectivity index (χ3n) is 6.22. The molecule has 0 saturated heterocycles. The zero-order valence-electron chi connectivity index (χ0n) is 16.2. The molecule has 1 aliphatic carbocycles. The largest absolute Gasteiger partial charge is 0.375 e. The van der Waals surface area contributed by atoms with Crippen LogP contribution in [0.2, 0.25) is 5.02 Å². The van der Waals surface area contributed by atoms with Crippen LogP contribution in [0.1, 0.15) is 33.5 Å². The molecule has 1 aliphatic heterocycles.